The molecule has 2 unspecified atom stereocenters. The van der Waals surface area contributed by atoms with Gasteiger partial charge in [-0.2, -0.15) is 0 Å². The van der Waals surface area contributed by atoms with E-state index in [1.165, 1.54) is 154 Å². The summed E-state index contributed by atoms with van der Waals surface area (Å²) in [5, 5.41) is 19.7. The third kappa shape index (κ3) is 34.3. The van der Waals surface area contributed by atoms with Crippen molar-refractivity contribution in [3.8, 4) is 0 Å². The quantitative estimate of drug-likeness (QED) is 0.0671. The van der Waals surface area contributed by atoms with Crippen LogP contribution >= 0.6 is 0 Å². The summed E-state index contributed by atoms with van der Waals surface area (Å²) in [7, 11) is 0. The Labute approximate surface area is 276 Å². The Kier molecular flexibility index (Phi) is 36.3. The first-order chi connectivity index (χ1) is 21.6. The molecule has 0 amide bonds. The highest BCUT2D eigenvalue weighted by molar-refractivity contribution is 5.66. The van der Waals surface area contributed by atoms with Gasteiger partial charge in [-0.15, -0.1) is 0 Å². The lowest BCUT2D eigenvalue weighted by Crippen LogP contribution is -2.29. The molecule has 0 saturated heterocycles. The molecule has 0 aliphatic rings. The molecule has 2 atom stereocenters. The second kappa shape index (κ2) is 36.9. The number of aliphatic hydroxyl groups excluding tert-OH is 1. The molecule has 2 N–H and O–H groups in total. The van der Waals surface area contributed by atoms with Gasteiger partial charge in [-0.25, -0.2) is 0 Å². The molecule has 0 saturated carbocycles. The van der Waals surface area contributed by atoms with Gasteiger partial charge in [0.25, 0.3) is 0 Å². The largest absolute Gasteiger partial charge is 0.481 e. The van der Waals surface area contributed by atoms with Gasteiger partial charge in [0.15, 0.2) is 0 Å². The number of carbonyl (C=O) groups is 1. The maximum absolute atomic E-state index is 10.9. The highest BCUT2D eigenvalue weighted by Crippen LogP contribution is 2.19. The van der Waals surface area contributed by atoms with E-state index in [0.717, 1.165) is 64.4 Å². The first-order valence-corrected chi connectivity index (χ1v) is 20.1. The minimum atomic E-state index is -0.699. The number of hydrogen-bond donors (Lipinski definition) is 2. The predicted molar refractivity (Wildman–Crippen MR) is 192 cm³/mol. The van der Waals surface area contributed by atoms with Crippen molar-refractivity contribution in [2.75, 3.05) is 6.61 Å². The standard InChI is InChI=1S/C40H80O4/c1-3-5-7-9-11-12-13-14-15-16-17-18-19-20-21-22-23-24-29-33-37-44-39(35-31-27-10-8-6-4-2)38(41)34-30-26-25-28-32-36-40(42)43/h38-39,41H,3-37H2,1-2H3,(H,42,43). The van der Waals surface area contributed by atoms with Crippen LogP contribution in [0, 0.1) is 0 Å². The zero-order valence-electron chi connectivity index (χ0n) is 30.1. The van der Waals surface area contributed by atoms with Crippen molar-refractivity contribution >= 4 is 5.97 Å². The van der Waals surface area contributed by atoms with Crippen LogP contribution in [0.2, 0.25) is 0 Å². The molecule has 0 aromatic rings. The number of hydrogen-bond acceptors (Lipinski definition) is 3. The first-order valence-electron chi connectivity index (χ1n) is 20.1. The number of aliphatic carboxylic acids is 1. The lowest BCUT2D eigenvalue weighted by Gasteiger charge is -2.24. The molecule has 0 fully saturated rings. The maximum atomic E-state index is 10.9. The Morgan fingerprint density at radius 2 is 0.773 bits per heavy atom. The SMILES string of the molecule is CCCCCCCCCCCCCCCCCCCCCCOC(CCCCCCCC)C(O)CCCCCCCC(=O)O. The fourth-order valence-corrected chi connectivity index (χ4v) is 6.45. The van der Waals surface area contributed by atoms with E-state index in [2.05, 4.69) is 13.8 Å². The Bertz CT molecular complexity index is 551. The van der Waals surface area contributed by atoms with Gasteiger partial charge in [0, 0.05) is 13.0 Å². The van der Waals surface area contributed by atoms with Crippen LogP contribution in [0.5, 0.6) is 0 Å². The van der Waals surface area contributed by atoms with Gasteiger partial charge in [-0.1, -0.05) is 200 Å². The van der Waals surface area contributed by atoms with E-state index in [9.17, 15) is 9.90 Å². The van der Waals surface area contributed by atoms with Crippen molar-refractivity contribution in [1.29, 1.82) is 0 Å². The van der Waals surface area contributed by atoms with E-state index in [0.29, 0.717) is 0 Å². The van der Waals surface area contributed by atoms with Crippen LogP contribution in [0.4, 0.5) is 0 Å². The van der Waals surface area contributed by atoms with Crippen molar-refractivity contribution in [2.45, 2.75) is 244 Å². The topological polar surface area (TPSA) is 66.8 Å². The number of unbranched alkanes of at least 4 members (excludes halogenated alkanes) is 28. The molecule has 0 heterocycles. The fraction of sp³-hybridized carbons (Fsp3) is 0.975. The summed E-state index contributed by atoms with van der Waals surface area (Å²) in [6.07, 6.45) is 42.1. The molecule has 0 aromatic carbocycles. The Morgan fingerprint density at radius 3 is 1.16 bits per heavy atom. The van der Waals surface area contributed by atoms with Crippen molar-refractivity contribution in [2.24, 2.45) is 0 Å². The molecule has 4 heteroatoms. The summed E-state index contributed by atoms with van der Waals surface area (Å²) in [6, 6.07) is 0. The normalized spacial score (nSPS) is 13.0. The molecule has 0 rings (SSSR count). The van der Waals surface area contributed by atoms with Gasteiger partial charge in [0.05, 0.1) is 12.2 Å². The summed E-state index contributed by atoms with van der Waals surface area (Å²) in [5.74, 6) is -0.699. The molecule has 0 radical (unpaired) electrons. The van der Waals surface area contributed by atoms with Gasteiger partial charge in [-0.05, 0) is 25.7 Å². The van der Waals surface area contributed by atoms with Crippen LogP contribution in [-0.4, -0.2) is 35.0 Å². The zero-order valence-corrected chi connectivity index (χ0v) is 30.1. The number of rotatable bonds is 38. The Morgan fingerprint density at radius 1 is 0.455 bits per heavy atom. The molecule has 4 nitrogen and oxygen atoms in total. The summed E-state index contributed by atoms with van der Waals surface area (Å²) in [5.41, 5.74) is 0. The number of carboxylic acid groups (broad SMARTS) is 1. The summed E-state index contributed by atoms with van der Waals surface area (Å²) >= 11 is 0. The summed E-state index contributed by atoms with van der Waals surface area (Å²) < 4.78 is 6.28. The Hall–Kier alpha value is -0.610. The van der Waals surface area contributed by atoms with E-state index >= 15 is 0 Å². The monoisotopic (exact) mass is 625 g/mol. The molecular weight excluding hydrogens is 544 g/mol. The number of aliphatic hydroxyl groups is 1. The lowest BCUT2D eigenvalue weighted by molar-refractivity contribution is -0.137. The summed E-state index contributed by atoms with van der Waals surface area (Å²) in [6.45, 7) is 5.34. The molecule has 264 valence electrons. The molecule has 0 spiro atoms. The number of ether oxygens (including phenoxy) is 1. The minimum Gasteiger partial charge on any atom is -0.481 e. The van der Waals surface area contributed by atoms with E-state index < -0.39 is 5.97 Å². The molecule has 0 aromatic heterocycles. The van der Waals surface area contributed by atoms with Gasteiger partial charge in [0.2, 0.25) is 0 Å². The van der Waals surface area contributed by atoms with Gasteiger partial charge in [-0.3, -0.25) is 4.79 Å². The van der Waals surface area contributed by atoms with Gasteiger partial charge in [0.1, 0.15) is 0 Å². The van der Waals surface area contributed by atoms with Crippen LogP contribution in [0.15, 0.2) is 0 Å². The van der Waals surface area contributed by atoms with Crippen LogP contribution in [0.3, 0.4) is 0 Å². The van der Waals surface area contributed by atoms with E-state index in [1.807, 2.05) is 0 Å². The Balaban J connectivity index is 3.75. The van der Waals surface area contributed by atoms with Crippen molar-refractivity contribution < 1.29 is 19.7 Å². The molecule has 0 bridgehead atoms. The van der Waals surface area contributed by atoms with Crippen molar-refractivity contribution in [3.05, 3.63) is 0 Å². The minimum absolute atomic E-state index is 0.0199. The van der Waals surface area contributed by atoms with E-state index in [4.69, 9.17) is 9.84 Å². The molecular formula is C40H80O4. The molecule has 0 aliphatic carbocycles. The fourth-order valence-electron chi connectivity index (χ4n) is 6.45. The predicted octanol–water partition coefficient (Wildman–Crippen LogP) is 13.1. The maximum Gasteiger partial charge on any atom is 0.303 e. The highest BCUT2D eigenvalue weighted by Gasteiger charge is 2.19. The average Bonchev–Trinajstić information content (AvgIpc) is 3.01. The third-order valence-corrected chi connectivity index (χ3v) is 9.49. The van der Waals surface area contributed by atoms with Crippen molar-refractivity contribution in [3.63, 3.8) is 0 Å². The smallest absolute Gasteiger partial charge is 0.303 e. The van der Waals surface area contributed by atoms with Crippen LogP contribution in [0.25, 0.3) is 0 Å². The number of carboxylic acids is 1. The average molecular weight is 625 g/mol. The second-order valence-electron chi connectivity index (χ2n) is 14.0. The van der Waals surface area contributed by atoms with Crippen LogP contribution in [0.1, 0.15) is 232 Å². The second-order valence-corrected chi connectivity index (χ2v) is 14.0. The molecule has 0 aliphatic heterocycles. The van der Waals surface area contributed by atoms with Gasteiger partial charge < -0.3 is 14.9 Å². The lowest BCUT2D eigenvalue weighted by atomic mass is 9.99. The van der Waals surface area contributed by atoms with E-state index in [1.54, 1.807) is 0 Å². The van der Waals surface area contributed by atoms with Crippen LogP contribution in [-0.2, 0) is 9.53 Å². The zero-order chi connectivity index (χ0) is 32.2. The molecule has 44 heavy (non-hydrogen) atoms. The van der Waals surface area contributed by atoms with Gasteiger partial charge >= 0.3 is 5.97 Å². The van der Waals surface area contributed by atoms with Crippen LogP contribution < -0.4 is 0 Å². The third-order valence-electron chi connectivity index (χ3n) is 9.49. The highest BCUT2D eigenvalue weighted by atomic mass is 16.5. The van der Waals surface area contributed by atoms with E-state index in [-0.39, 0.29) is 18.6 Å². The first kappa shape index (κ1) is 43.4. The van der Waals surface area contributed by atoms with Crippen molar-refractivity contribution in [1.82, 2.24) is 0 Å². The summed E-state index contributed by atoms with van der Waals surface area (Å²) in [4.78, 5) is 10.6.